The molecule has 0 saturated heterocycles. The monoisotopic (exact) mass is 384 g/mol. The van der Waals surface area contributed by atoms with Crippen LogP contribution in [0, 0.1) is 0 Å². The van der Waals surface area contributed by atoms with Crippen LogP contribution in [0.5, 0.6) is 0 Å². The summed E-state index contributed by atoms with van der Waals surface area (Å²) in [6.07, 6.45) is 0. The molecule has 0 radical (unpaired) electrons. The van der Waals surface area contributed by atoms with Crippen molar-refractivity contribution >= 4 is 17.4 Å². The van der Waals surface area contributed by atoms with Crippen LogP contribution in [0.25, 0.3) is 0 Å². The molecule has 3 aromatic carbocycles. The first-order valence-corrected chi connectivity index (χ1v) is 9.25. The summed E-state index contributed by atoms with van der Waals surface area (Å²) in [5.74, 6) is 0.400. The molecule has 0 saturated carbocycles. The molecular weight excluding hydrogens is 368 g/mol. The third-order valence-corrected chi connectivity index (χ3v) is 4.70. The highest BCUT2D eigenvalue weighted by Gasteiger charge is 2.36. The van der Waals surface area contributed by atoms with E-state index in [9.17, 15) is 0 Å². The SMILES string of the molecule is Clc1ccc(N=NC(c2ccccc2)(c2ccccc2)c2ccccc2)nn1. The number of hydrogen-bond donors (Lipinski definition) is 0. The van der Waals surface area contributed by atoms with Crippen LogP contribution in [0.3, 0.4) is 0 Å². The summed E-state index contributed by atoms with van der Waals surface area (Å²) in [4.78, 5) is 0. The molecule has 0 bridgehead atoms. The summed E-state index contributed by atoms with van der Waals surface area (Å²) in [6.45, 7) is 0. The minimum atomic E-state index is -0.814. The largest absolute Gasteiger partial charge is 0.196 e. The van der Waals surface area contributed by atoms with E-state index in [-0.39, 0.29) is 0 Å². The molecule has 0 unspecified atom stereocenters. The summed E-state index contributed by atoms with van der Waals surface area (Å²) in [6, 6.07) is 33.7. The van der Waals surface area contributed by atoms with E-state index in [2.05, 4.69) is 51.7 Å². The molecule has 1 heterocycles. The molecule has 0 aliphatic carbocycles. The average Bonchev–Trinajstić information content (AvgIpc) is 2.78. The zero-order valence-corrected chi connectivity index (χ0v) is 15.7. The van der Waals surface area contributed by atoms with Gasteiger partial charge in [-0.25, -0.2) is 0 Å². The average molecular weight is 385 g/mol. The number of aromatic nitrogens is 2. The van der Waals surface area contributed by atoms with E-state index < -0.39 is 5.54 Å². The molecular formula is C23H17ClN4. The minimum absolute atomic E-state index is 0.319. The molecule has 4 nitrogen and oxygen atoms in total. The first-order chi connectivity index (χ1) is 13.8. The van der Waals surface area contributed by atoms with Crippen molar-refractivity contribution in [2.24, 2.45) is 10.2 Å². The molecule has 4 aromatic rings. The Labute approximate surface area is 168 Å². The van der Waals surface area contributed by atoms with Crippen molar-refractivity contribution in [3.8, 4) is 0 Å². The lowest BCUT2D eigenvalue weighted by Gasteiger charge is -2.30. The number of azo groups is 1. The molecule has 0 N–H and O–H groups in total. The fourth-order valence-corrected chi connectivity index (χ4v) is 3.30. The van der Waals surface area contributed by atoms with Gasteiger partial charge >= 0.3 is 0 Å². The van der Waals surface area contributed by atoms with Crippen LogP contribution in [0.1, 0.15) is 16.7 Å². The van der Waals surface area contributed by atoms with Gasteiger partial charge in [-0.3, -0.25) is 0 Å². The molecule has 4 rings (SSSR count). The Bertz CT molecular complexity index is 953. The number of nitrogens with zero attached hydrogens (tertiary/aromatic N) is 4. The summed E-state index contributed by atoms with van der Waals surface area (Å²) < 4.78 is 0. The van der Waals surface area contributed by atoms with Crippen LogP contribution in [0.2, 0.25) is 5.15 Å². The van der Waals surface area contributed by atoms with Gasteiger partial charge < -0.3 is 0 Å². The summed E-state index contributed by atoms with van der Waals surface area (Å²) in [7, 11) is 0. The van der Waals surface area contributed by atoms with Gasteiger partial charge in [0.25, 0.3) is 0 Å². The van der Waals surface area contributed by atoms with Crippen LogP contribution >= 0.6 is 11.6 Å². The van der Waals surface area contributed by atoms with Gasteiger partial charge in [-0.05, 0) is 28.8 Å². The Morgan fingerprint density at radius 1 is 0.571 bits per heavy atom. The molecule has 28 heavy (non-hydrogen) atoms. The van der Waals surface area contributed by atoms with Gasteiger partial charge in [0.15, 0.2) is 16.5 Å². The number of rotatable bonds is 5. The number of halogens is 1. The Hall–Kier alpha value is -3.37. The molecule has 0 aliphatic heterocycles. The topological polar surface area (TPSA) is 50.5 Å². The smallest absolute Gasteiger partial charge is 0.166 e. The van der Waals surface area contributed by atoms with Crippen molar-refractivity contribution in [1.82, 2.24) is 10.2 Å². The van der Waals surface area contributed by atoms with Gasteiger partial charge in [-0.1, -0.05) is 103 Å². The van der Waals surface area contributed by atoms with Crippen LogP contribution < -0.4 is 0 Å². The maximum atomic E-state index is 5.84. The van der Waals surface area contributed by atoms with Crippen molar-refractivity contribution < 1.29 is 0 Å². The van der Waals surface area contributed by atoms with Crippen LogP contribution in [0.4, 0.5) is 5.82 Å². The van der Waals surface area contributed by atoms with E-state index in [1.54, 1.807) is 12.1 Å². The normalized spacial score (nSPS) is 11.6. The Kier molecular flexibility index (Phi) is 5.22. The van der Waals surface area contributed by atoms with Crippen molar-refractivity contribution in [1.29, 1.82) is 0 Å². The molecule has 0 amide bonds. The van der Waals surface area contributed by atoms with E-state index in [0.717, 1.165) is 16.7 Å². The van der Waals surface area contributed by atoms with Gasteiger partial charge in [0.2, 0.25) is 0 Å². The zero-order valence-electron chi connectivity index (χ0n) is 15.0. The summed E-state index contributed by atoms with van der Waals surface area (Å²) >= 11 is 5.84. The van der Waals surface area contributed by atoms with Gasteiger partial charge in [0, 0.05) is 0 Å². The molecule has 0 fully saturated rings. The molecule has 1 aromatic heterocycles. The lowest BCUT2D eigenvalue weighted by Crippen LogP contribution is -2.26. The number of hydrogen-bond acceptors (Lipinski definition) is 4. The van der Waals surface area contributed by atoms with Gasteiger partial charge in [0.1, 0.15) is 0 Å². The third-order valence-electron chi connectivity index (χ3n) is 4.50. The molecule has 5 heteroatoms. The van der Waals surface area contributed by atoms with Gasteiger partial charge in [-0.2, -0.15) is 5.11 Å². The van der Waals surface area contributed by atoms with E-state index in [1.165, 1.54) is 0 Å². The van der Waals surface area contributed by atoms with Crippen molar-refractivity contribution in [3.05, 3.63) is 125 Å². The van der Waals surface area contributed by atoms with E-state index in [0.29, 0.717) is 11.0 Å². The van der Waals surface area contributed by atoms with Crippen LogP contribution in [-0.2, 0) is 5.54 Å². The zero-order chi connectivity index (χ0) is 19.2. The van der Waals surface area contributed by atoms with Crippen LogP contribution in [0.15, 0.2) is 113 Å². The highest BCUT2D eigenvalue weighted by Crippen LogP contribution is 2.41. The van der Waals surface area contributed by atoms with Crippen molar-refractivity contribution in [2.45, 2.75) is 5.54 Å². The minimum Gasteiger partial charge on any atom is -0.166 e. The van der Waals surface area contributed by atoms with Gasteiger partial charge in [0.05, 0.1) is 0 Å². The van der Waals surface area contributed by atoms with E-state index in [4.69, 9.17) is 16.7 Å². The molecule has 136 valence electrons. The highest BCUT2D eigenvalue weighted by molar-refractivity contribution is 6.29. The maximum Gasteiger partial charge on any atom is 0.196 e. The van der Waals surface area contributed by atoms with Gasteiger partial charge in [-0.15, -0.1) is 15.3 Å². The molecule has 0 spiro atoms. The van der Waals surface area contributed by atoms with Crippen LogP contribution in [-0.4, -0.2) is 10.2 Å². The second kappa shape index (κ2) is 8.11. The molecule has 0 aliphatic rings. The second-order valence-electron chi connectivity index (χ2n) is 6.22. The van der Waals surface area contributed by atoms with E-state index in [1.807, 2.05) is 54.6 Å². The standard InChI is InChI=1S/C23H17ClN4/c24-21-16-17-22(26-25-21)27-28-23(18-10-4-1-5-11-18,19-12-6-2-7-13-19)20-14-8-3-9-15-20/h1-17H. The Balaban J connectivity index is 1.97. The third kappa shape index (κ3) is 3.55. The first kappa shape index (κ1) is 18.0. The quantitative estimate of drug-likeness (QED) is 0.303. The fraction of sp³-hybridized carbons (Fsp3) is 0.0435. The Morgan fingerprint density at radius 2 is 1.04 bits per heavy atom. The summed E-state index contributed by atoms with van der Waals surface area (Å²) in [5.41, 5.74) is 2.22. The second-order valence-corrected chi connectivity index (χ2v) is 6.61. The summed E-state index contributed by atoms with van der Waals surface area (Å²) in [5, 5.41) is 17.5. The van der Waals surface area contributed by atoms with Crippen molar-refractivity contribution in [3.63, 3.8) is 0 Å². The lowest BCUT2D eigenvalue weighted by molar-refractivity contribution is 0.616. The predicted octanol–water partition coefficient (Wildman–Crippen LogP) is 6.21. The first-order valence-electron chi connectivity index (χ1n) is 8.88. The fourth-order valence-electron chi connectivity index (χ4n) is 3.20. The van der Waals surface area contributed by atoms with Crippen molar-refractivity contribution in [2.75, 3.05) is 0 Å². The Morgan fingerprint density at radius 3 is 1.43 bits per heavy atom. The maximum absolute atomic E-state index is 5.84. The van der Waals surface area contributed by atoms with E-state index >= 15 is 0 Å². The molecule has 0 atom stereocenters. The lowest BCUT2D eigenvalue weighted by atomic mass is 9.78. The highest BCUT2D eigenvalue weighted by atomic mass is 35.5. The predicted molar refractivity (Wildman–Crippen MR) is 111 cm³/mol. The number of benzene rings is 3.